The van der Waals surface area contributed by atoms with E-state index in [-0.39, 0.29) is 33.8 Å². The summed E-state index contributed by atoms with van der Waals surface area (Å²) in [6.45, 7) is 1.99. The van der Waals surface area contributed by atoms with Crippen LogP contribution in [0.4, 0.5) is 11.4 Å². The summed E-state index contributed by atoms with van der Waals surface area (Å²) in [6, 6.07) is 18.8. The maximum atomic E-state index is 13.1. The number of fused-ring (bicyclic) bond motifs is 1. The van der Waals surface area contributed by atoms with E-state index in [1.165, 1.54) is 40.7 Å². The molecule has 1 aliphatic heterocycles. The second kappa shape index (κ2) is 8.27. The molecule has 9 heteroatoms. The summed E-state index contributed by atoms with van der Waals surface area (Å²) in [6.07, 6.45) is 0. The van der Waals surface area contributed by atoms with Gasteiger partial charge in [-0.15, -0.1) is 0 Å². The Morgan fingerprint density at radius 3 is 2.25 bits per heavy atom. The van der Waals surface area contributed by atoms with Crippen molar-refractivity contribution in [1.82, 2.24) is 5.32 Å². The molecular weight excluding hydrogens is 430 g/mol. The van der Waals surface area contributed by atoms with Crippen molar-refractivity contribution >= 4 is 39.1 Å². The minimum atomic E-state index is -3.82. The first-order valence-electron chi connectivity index (χ1n) is 9.81. The van der Waals surface area contributed by atoms with Crippen LogP contribution in [0.5, 0.6) is 0 Å². The van der Waals surface area contributed by atoms with Gasteiger partial charge in [0.15, 0.2) is 0 Å². The van der Waals surface area contributed by atoms with Gasteiger partial charge >= 0.3 is 0 Å². The molecule has 0 bridgehead atoms. The van der Waals surface area contributed by atoms with Gasteiger partial charge in [-0.25, -0.2) is 8.42 Å². The predicted octanol–water partition coefficient (Wildman–Crippen LogP) is 3.04. The lowest BCUT2D eigenvalue weighted by Crippen LogP contribution is -2.30. The number of nitrogens with zero attached hydrogens (tertiary/aromatic N) is 1. The van der Waals surface area contributed by atoms with Crippen molar-refractivity contribution in [3.8, 4) is 0 Å². The van der Waals surface area contributed by atoms with E-state index in [4.69, 9.17) is 0 Å². The molecular formula is C23H19N3O5S. The van der Waals surface area contributed by atoms with E-state index in [0.29, 0.717) is 5.69 Å². The number of para-hydroxylation sites is 1. The summed E-state index contributed by atoms with van der Waals surface area (Å²) >= 11 is 0. The first-order chi connectivity index (χ1) is 15.3. The van der Waals surface area contributed by atoms with Crippen molar-refractivity contribution in [2.24, 2.45) is 0 Å². The maximum Gasteiger partial charge on any atom is 0.264 e. The van der Waals surface area contributed by atoms with Crippen LogP contribution in [0.25, 0.3) is 0 Å². The minimum absolute atomic E-state index is 0.0466. The van der Waals surface area contributed by atoms with Crippen molar-refractivity contribution in [3.05, 3.63) is 89.5 Å². The molecule has 0 radical (unpaired) electrons. The Labute approximate surface area is 184 Å². The molecule has 1 aliphatic rings. The van der Waals surface area contributed by atoms with Crippen LogP contribution in [0.1, 0.15) is 38.0 Å². The standard InChI is InChI=1S/C23H19N3O5S/c1-2-26(16-7-4-3-5-8-16)32(30,31)17-13-11-15(12-14-17)21(27)24-19-10-6-9-18-20(19)23(29)25-22(18)28/h3-14H,2H2,1H3,(H,24,27)(H,25,28,29). The third kappa shape index (κ3) is 3.74. The smallest absolute Gasteiger partial charge is 0.264 e. The topological polar surface area (TPSA) is 113 Å². The second-order valence-electron chi connectivity index (χ2n) is 7.00. The van der Waals surface area contributed by atoms with E-state index in [1.54, 1.807) is 43.3 Å². The lowest BCUT2D eigenvalue weighted by molar-refractivity contribution is 0.0879. The third-order valence-corrected chi connectivity index (χ3v) is 6.96. The molecule has 4 rings (SSSR count). The fraction of sp³-hybridized carbons (Fsp3) is 0.0870. The van der Waals surface area contributed by atoms with Gasteiger partial charge in [0.2, 0.25) is 0 Å². The second-order valence-corrected chi connectivity index (χ2v) is 8.86. The number of sulfonamides is 1. The van der Waals surface area contributed by atoms with Gasteiger partial charge in [-0.2, -0.15) is 0 Å². The quantitative estimate of drug-likeness (QED) is 0.562. The molecule has 3 aromatic rings. The van der Waals surface area contributed by atoms with Crippen molar-refractivity contribution in [1.29, 1.82) is 0 Å². The molecule has 2 N–H and O–H groups in total. The zero-order valence-electron chi connectivity index (χ0n) is 17.0. The van der Waals surface area contributed by atoms with Crippen LogP contribution in [-0.2, 0) is 10.0 Å². The first-order valence-corrected chi connectivity index (χ1v) is 11.2. The Morgan fingerprint density at radius 1 is 0.906 bits per heavy atom. The molecule has 3 amide bonds. The van der Waals surface area contributed by atoms with Gasteiger partial charge in [0.1, 0.15) is 0 Å². The summed E-state index contributed by atoms with van der Waals surface area (Å²) in [5, 5.41) is 4.80. The molecule has 0 atom stereocenters. The van der Waals surface area contributed by atoms with Crippen LogP contribution in [0.3, 0.4) is 0 Å². The number of anilines is 2. The molecule has 0 spiro atoms. The average molecular weight is 449 g/mol. The molecule has 0 aromatic heterocycles. The third-order valence-electron chi connectivity index (χ3n) is 5.05. The Balaban J connectivity index is 1.58. The Bertz CT molecular complexity index is 1320. The lowest BCUT2D eigenvalue weighted by Gasteiger charge is -2.23. The molecule has 0 unspecified atom stereocenters. The van der Waals surface area contributed by atoms with E-state index in [0.717, 1.165) is 0 Å². The van der Waals surface area contributed by atoms with E-state index in [1.807, 2.05) is 0 Å². The van der Waals surface area contributed by atoms with Gasteiger partial charge in [-0.1, -0.05) is 24.3 Å². The average Bonchev–Trinajstić information content (AvgIpc) is 3.09. The first kappa shape index (κ1) is 21.3. The number of carbonyl (C=O) groups is 3. The molecule has 32 heavy (non-hydrogen) atoms. The SMILES string of the molecule is CCN(c1ccccc1)S(=O)(=O)c1ccc(C(=O)Nc2cccc3c2C(=O)NC3=O)cc1. The van der Waals surface area contributed by atoms with Crippen molar-refractivity contribution < 1.29 is 22.8 Å². The van der Waals surface area contributed by atoms with Gasteiger partial charge in [0.05, 0.1) is 27.4 Å². The summed E-state index contributed by atoms with van der Waals surface area (Å²) < 4.78 is 27.4. The molecule has 1 heterocycles. The fourth-order valence-electron chi connectivity index (χ4n) is 3.51. The van der Waals surface area contributed by atoms with E-state index < -0.39 is 27.7 Å². The highest BCUT2D eigenvalue weighted by atomic mass is 32.2. The summed E-state index contributed by atoms with van der Waals surface area (Å²) in [4.78, 5) is 36.6. The summed E-state index contributed by atoms with van der Waals surface area (Å²) in [5.41, 5.74) is 1.24. The summed E-state index contributed by atoms with van der Waals surface area (Å²) in [5.74, 6) is -1.64. The number of hydrogen-bond donors (Lipinski definition) is 2. The zero-order valence-corrected chi connectivity index (χ0v) is 17.8. The lowest BCUT2D eigenvalue weighted by atomic mass is 10.1. The van der Waals surface area contributed by atoms with Crippen molar-refractivity contribution in [3.63, 3.8) is 0 Å². The molecule has 162 valence electrons. The Kier molecular flexibility index (Phi) is 5.50. The zero-order chi connectivity index (χ0) is 22.9. The maximum absolute atomic E-state index is 13.1. The molecule has 0 fully saturated rings. The van der Waals surface area contributed by atoms with Gasteiger partial charge in [-0.3, -0.25) is 24.0 Å². The van der Waals surface area contributed by atoms with Crippen LogP contribution in [0.15, 0.2) is 77.7 Å². The number of nitrogens with one attached hydrogen (secondary N) is 2. The number of rotatable bonds is 6. The number of amides is 3. The van der Waals surface area contributed by atoms with E-state index in [9.17, 15) is 22.8 Å². The van der Waals surface area contributed by atoms with Gasteiger partial charge in [0.25, 0.3) is 27.7 Å². The Morgan fingerprint density at radius 2 is 1.59 bits per heavy atom. The monoisotopic (exact) mass is 449 g/mol. The Hall–Kier alpha value is -3.98. The highest BCUT2D eigenvalue weighted by molar-refractivity contribution is 7.92. The summed E-state index contributed by atoms with van der Waals surface area (Å²) in [7, 11) is -3.82. The van der Waals surface area contributed by atoms with Crippen LogP contribution in [-0.4, -0.2) is 32.7 Å². The number of hydrogen-bond acceptors (Lipinski definition) is 5. The molecule has 0 aliphatic carbocycles. The number of benzene rings is 3. The number of imide groups is 1. The van der Waals surface area contributed by atoms with E-state index >= 15 is 0 Å². The highest BCUT2D eigenvalue weighted by Crippen LogP contribution is 2.26. The molecule has 8 nitrogen and oxygen atoms in total. The van der Waals surface area contributed by atoms with Gasteiger partial charge < -0.3 is 5.32 Å². The van der Waals surface area contributed by atoms with Crippen LogP contribution in [0.2, 0.25) is 0 Å². The largest absolute Gasteiger partial charge is 0.321 e. The van der Waals surface area contributed by atoms with Gasteiger partial charge in [0, 0.05) is 12.1 Å². The van der Waals surface area contributed by atoms with Crippen molar-refractivity contribution in [2.45, 2.75) is 11.8 Å². The predicted molar refractivity (Wildman–Crippen MR) is 119 cm³/mol. The fourth-order valence-corrected chi connectivity index (χ4v) is 4.98. The van der Waals surface area contributed by atoms with Crippen LogP contribution < -0.4 is 14.9 Å². The normalized spacial score (nSPS) is 12.8. The van der Waals surface area contributed by atoms with Crippen molar-refractivity contribution in [2.75, 3.05) is 16.2 Å². The minimum Gasteiger partial charge on any atom is -0.321 e. The molecule has 0 saturated heterocycles. The van der Waals surface area contributed by atoms with Crippen LogP contribution >= 0.6 is 0 Å². The van der Waals surface area contributed by atoms with Gasteiger partial charge in [-0.05, 0) is 55.5 Å². The molecule has 0 saturated carbocycles. The highest BCUT2D eigenvalue weighted by Gasteiger charge is 2.30. The number of carbonyl (C=O) groups excluding carboxylic acids is 3. The molecule has 3 aromatic carbocycles. The van der Waals surface area contributed by atoms with E-state index in [2.05, 4.69) is 10.6 Å². The van der Waals surface area contributed by atoms with Crippen LogP contribution in [0, 0.1) is 0 Å².